The highest BCUT2D eigenvalue weighted by Gasteiger charge is 2.45. The van der Waals surface area contributed by atoms with E-state index in [0.717, 1.165) is 12.8 Å². The molecule has 1 atom stereocenters. The van der Waals surface area contributed by atoms with Gasteiger partial charge >= 0.3 is 5.97 Å². The zero-order valence-electron chi connectivity index (χ0n) is 11.4. The highest BCUT2D eigenvalue weighted by atomic mass is 16.4. The van der Waals surface area contributed by atoms with E-state index in [-0.39, 0.29) is 11.7 Å². The monoisotopic (exact) mass is 266 g/mol. The van der Waals surface area contributed by atoms with Gasteiger partial charge in [-0.3, -0.25) is 4.79 Å². The number of carboxylic acids is 1. The molecule has 0 radical (unpaired) electrons. The fourth-order valence-corrected chi connectivity index (χ4v) is 2.52. The van der Waals surface area contributed by atoms with Crippen LogP contribution in [-0.2, 0) is 4.79 Å². The van der Waals surface area contributed by atoms with Gasteiger partial charge in [0.05, 0.1) is 5.69 Å². The third kappa shape index (κ3) is 2.22. The number of carbonyl (C=O) groups is 2. The molecule has 1 N–H and O–H groups in total. The van der Waals surface area contributed by atoms with Gasteiger partial charge in [-0.05, 0) is 33.1 Å². The molecule has 6 nitrogen and oxygen atoms in total. The zero-order chi connectivity index (χ0) is 14.2. The van der Waals surface area contributed by atoms with Gasteiger partial charge in [-0.1, -0.05) is 0 Å². The Labute approximate surface area is 111 Å². The molecule has 0 aromatic carbocycles. The van der Waals surface area contributed by atoms with E-state index in [4.69, 9.17) is 4.42 Å². The highest BCUT2D eigenvalue weighted by Crippen LogP contribution is 2.30. The van der Waals surface area contributed by atoms with Crippen LogP contribution in [0.4, 0.5) is 0 Å². The number of aryl methyl sites for hydroxylation is 2. The number of amides is 1. The summed E-state index contributed by atoms with van der Waals surface area (Å²) >= 11 is 0. The van der Waals surface area contributed by atoms with E-state index in [0.29, 0.717) is 24.6 Å². The Morgan fingerprint density at radius 2 is 2.05 bits per heavy atom. The van der Waals surface area contributed by atoms with E-state index in [9.17, 15) is 14.7 Å². The smallest absolute Gasteiger partial charge is 0.329 e. The fourth-order valence-electron chi connectivity index (χ4n) is 2.52. The van der Waals surface area contributed by atoms with Crippen molar-refractivity contribution in [2.45, 2.75) is 45.6 Å². The van der Waals surface area contributed by atoms with Crippen LogP contribution in [0.1, 0.15) is 48.3 Å². The summed E-state index contributed by atoms with van der Waals surface area (Å²) in [6, 6.07) is 0. The first-order valence-electron chi connectivity index (χ1n) is 6.35. The molecule has 0 bridgehead atoms. The van der Waals surface area contributed by atoms with Gasteiger partial charge in [0.1, 0.15) is 5.54 Å². The number of hydrogen-bond acceptors (Lipinski definition) is 4. The van der Waals surface area contributed by atoms with Crippen molar-refractivity contribution in [2.75, 3.05) is 6.54 Å². The summed E-state index contributed by atoms with van der Waals surface area (Å²) in [5.41, 5.74) is -0.663. The van der Waals surface area contributed by atoms with Crippen molar-refractivity contribution in [3.8, 4) is 0 Å². The SMILES string of the molecule is Cc1nc(C)c(C(=O)N2CCCCC2(C)C(=O)O)o1. The number of hydrogen-bond donors (Lipinski definition) is 1. The first-order valence-corrected chi connectivity index (χ1v) is 6.35. The number of carbonyl (C=O) groups excluding carboxylic acids is 1. The molecular weight excluding hydrogens is 248 g/mol. The van der Waals surface area contributed by atoms with Crippen LogP contribution in [0.15, 0.2) is 4.42 Å². The van der Waals surface area contributed by atoms with E-state index in [1.165, 1.54) is 4.90 Å². The van der Waals surface area contributed by atoms with Crippen LogP contribution < -0.4 is 0 Å². The second kappa shape index (κ2) is 4.68. The average molecular weight is 266 g/mol. The summed E-state index contributed by atoms with van der Waals surface area (Å²) in [5.74, 6) is -0.807. The second-order valence-corrected chi connectivity index (χ2v) is 5.14. The van der Waals surface area contributed by atoms with Crippen molar-refractivity contribution in [1.82, 2.24) is 9.88 Å². The fraction of sp³-hybridized carbons (Fsp3) is 0.615. The largest absolute Gasteiger partial charge is 0.480 e. The lowest BCUT2D eigenvalue weighted by Gasteiger charge is -2.41. The topological polar surface area (TPSA) is 83.6 Å². The Morgan fingerprint density at radius 3 is 2.58 bits per heavy atom. The molecule has 19 heavy (non-hydrogen) atoms. The molecule has 1 aromatic heterocycles. The molecule has 1 amide bonds. The minimum absolute atomic E-state index is 0.145. The van der Waals surface area contributed by atoms with Gasteiger partial charge in [-0.15, -0.1) is 0 Å². The first kappa shape index (κ1) is 13.6. The van der Waals surface area contributed by atoms with Crippen LogP contribution >= 0.6 is 0 Å². The lowest BCUT2D eigenvalue weighted by atomic mass is 9.88. The summed E-state index contributed by atoms with van der Waals surface area (Å²) in [6.45, 7) is 5.37. The molecule has 1 aliphatic heterocycles. The van der Waals surface area contributed by atoms with Gasteiger partial charge in [0.2, 0.25) is 5.76 Å². The predicted molar refractivity (Wildman–Crippen MR) is 66.9 cm³/mol. The van der Waals surface area contributed by atoms with Crippen molar-refractivity contribution in [1.29, 1.82) is 0 Å². The van der Waals surface area contributed by atoms with E-state index in [1.807, 2.05) is 0 Å². The van der Waals surface area contributed by atoms with Gasteiger partial charge in [0.15, 0.2) is 5.89 Å². The molecule has 1 fully saturated rings. The second-order valence-electron chi connectivity index (χ2n) is 5.14. The quantitative estimate of drug-likeness (QED) is 0.881. The summed E-state index contributed by atoms with van der Waals surface area (Å²) in [5, 5.41) is 9.40. The number of rotatable bonds is 2. The van der Waals surface area contributed by atoms with Crippen LogP contribution in [0.3, 0.4) is 0 Å². The maximum Gasteiger partial charge on any atom is 0.329 e. The van der Waals surface area contributed by atoms with Crippen molar-refractivity contribution in [3.63, 3.8) is 0 Å². The highest BCUT2D eigenvalue weighted by molar-refractivity contribution is 5.96. The summed E-state index contributed by atoms with van der Waals surface area (Å²) in [4.78, 5) is 29.4. The first-order chi connectivity index (χ1) is 8.86. The number of likely N-dealkylation sites (tertiary alicyclic amines) is 1. The number of carboxylic acid groups (broad SMARTS) is 1. The van der Waals surface area contributed by atoms with Crippen LogP contribution in [0, 0.1) is 13.8 Å². The van der Waals surface area contributed by atoms with Crippen molar-refractivity contribution < 1.29 is 19.1 Å². The molecule has 6 heteroatoms. The number of piperidine rings is 1. The minimum Gasteiger partial charge on any atom is -0.480 e. The average Bonchev–Trinajstić information content (AvgIpc) is 2.68. The predicted octanol–water partition coefficient (Wildman–Crippen LogP) is 1.76. The zero-order valence-corrected chi connectivity index (χ0v) is 11.4. The Kier molecular flexibility index (Phi) is 3.34. The van der Waals surface area contributed by atoms with Crippen LogP contribution in [0.5, 0.6) is 0 Å². The van der Waals surface area contributed by atoms with Gasteiger partial charge in [0.25, 0.3) is 5.91 Å². The number of aromatic nitrogens is 1. The molecule has 2 heterocycles. The van der Waals surface area contributed by atoms with Gasteiger partial charge in [-0.2, -0.15) is 0 Å². The third-order valence-corrected chi connectivity index (χ3v) is 3.69. The number of nitrogens with zero attached hydrogens (tertiary/aromatic N) is 2. The van der Waals surface area contributed by atoms with E-state index >= 15 is 0 Å². The minimum atomic E-state index is -1.16. The van der Waals surface area contributed by atoms with Crippen LogP contribution in [-0.4, -0.2) is 39.0 Å². The van der Waals surface area contributed by atoms with Crippen molar-refractivity contribution in [2.24, 2.45) is 0 Å². The molecule has 104 valence electrons. The molecule has 0 spiro atoms. The molecule has 0 aliphatic carbocycles. The van der Waals surface area contributed by atoms with E-state index < -0.39 is 11.5 Å². The molecular formula is C13H18N2O4. The molecule has 1 unspecified atom stereocenters. The molecule has 1 aliphatic rings. The van der Waals surface area contributed by atoms with Gasteiger partial charge in [0, 0.05) is 13.5 Å². The van der Waals surface area contributed by atoms with Crippen molar-refractivity contribution >= 4 is 11.9 Å². The molecule has 0 saturated carbocycles. The third-order valence-electron chi connectivity index (χ3n) is 3.69. The van der Waals surface area contributed by atoms with E-state index in [1.54, 1.807) is 20.8 Å². The number of aliphatic carboxylic acids is 1. The van der Waals surface area contributed by atoms with Crippen molar-refractivity contribution in [3.05, 3.63) is 17.3 Å². The lowest BCUT2D eigenvalue weighted by Crippen LogP contribution is -2.57. The van der Waals surface area contributed by atoms with Gasteiger partial charge in [-0.25, -0.2) is 9.78 Å². The lowest BCUT2D eigenvalue weighted by molar-refractivity contribution is -0.150. The maximum atomic E-state index is 12.5. The summed E-state index contributed by atoms with van der Waals surface area (Å²) < 4.78 is 5.31. The van der Waals surface area contributed by atoms with E-state index in [2.05, 4.69) is 4.98 Å². The maximum absolute atomic E-state index is 12.5. The summed E-state index contributed by atoms with van der Waals surface area (Å²) in [7, 11) is 0. The van der Waals surface area contributed by atoms with Crippen LogP contribution in [0.2, 0.25) is 0 Å². The molecule has 1 saturated heterocycles. The standard InChI is InChI=1S/C13H18N2O4/c1-8-10(19-9(2)14-8)11(16)15-7-5-4-6-13(15,3)12(17)18/h4-7H2,1-3H3,(H,17,18). The summed E-state index contributed by atoms with van der Waals surface area (Å²) in [6.07, 6.45) is 2.07. The molecule has 1 aromatic rings. The Bertz CT molecular complexity index is 523. The molecule has 2 rings (SSSR count). The number of oxazole rings is 1. The Morgan fingerprint density at radius 1 is 1.37 bits per heavy atom. The Hall–Kier alpha value is -1.85. The van der Waals surface area contributed by atoms with Crippen LogP contribution in [0.25, 0.3) is 0 Å². The Balaban J connectivity index is 2.36. The normalized spacial score (nSPS) is 23.4. The van der Waals surface area contributed by atoms with Gasteiger partial charge < -0.3 is 14.4 Å².